The van der Waals surface area contributed by atoms with E-state index in [-0.39, 0.29) is 16.9 Å². The third-order valence-electron chi connectivity index (χ3n) is 5.55. The first kappa shape index (κ1) is 19.1. The number of carbonyl (C=O) groups is 1. The van der Waals surface area contributed by atoms with Gasteiger partial charge in [-0.15, -0.1) is 0 Å². The van der Waals surface area contributed by atoms with Crippen LogP contribution in [0.25, 0.3) is 0 Å². The first-order valence-corrected chi connectivity index (χ1v) is 9.05. The van der Waals surface area contributed by atoms with Crippen molar-refractivity contribution >= 4 is 23.6 Å². The number of benzene rings is 2. The summed E-state index contributed by atoms with van der Waals surface area (Å²) in [5.41, 5.74) is 3.93. The average Bonchev–Trinajstić information content (AvgIpc) is 2.59. The van der Waals surface area contributed by atoms with Crippen LogP contribution in [0.4, 0.5) is 15.8 Å². The fourth-order valence-corrected chi connectivity index (χ4v) is 3.72. The van der Waals surface area contributed by atoms with Gasteiger partial charge in [-0.05, 0) is 68.5 Å². The molecule has 0 aromatic heterocycles. The SMILES string of the molecule is Cc1ccc(C(=O)O)cc1N=Cc1cc2c(cc1F)N(C)C(C)(C)CC2C. The van der Waals surface area contributed by atoms with Crippen molar-refractivity contribution < 1.29 is 14.3 Å². The van der Waals surface area contributed by atoms with Gasteiger partial charge in [-0.25, -0.2) is 9.18 Å². The second-order valence-corrected chi connectivity index (χ2v) is 7.97. The van der Waals surface area contributed by atoms with Gasteiger partial charge in [0, 0.05) is 30.1 Å². The van der Waals surface area contributed by atoms with E-state index >= 15 is 0 Å². The minimum Gasteiger partial charge on any atom is -0.478 e. The standard InChI is InChI=1S/C22H25FN2O2/c1-13-6-7-15(21(26)27)9-19(13)24-12-16-8-17-14(2)11-22(3,4)25(5)20(17)10-18(16)23/h6-10,12,14H,11H2,1-5H3,(H,26,27). The van der Waals surface area contributed by atoms with Crippen LogP contribution in [0.2, 0.25) is 0 Å². The van der Waals surface area contributed by atoms with Crippen LogP contribution in [-0.4, -0.2) is 29.9 Å². The van der Waals surface area contributed by atoms with Gasteiger partial charge in [0.2, 0.25) is 0 Å². The van der Waals surface area contributed by atoms with E-state index in [4.69, 9.17) is 5.11 Å². The van der Waals surface area contributed by atoms with E-state index in [0.717, 1.165) is 23.2 Å². The third kappa shape index (κ3) is 3.59. The summed E-state index contributed by atoms with van der Waals surface area (Å²) in [5, 5.41) is 9.14. The van der Waals surface area contributed by atoms with Gasteiger partial charge >= 0.3 is 5.97 Å². The molecule has 1 unspecified atom stereocenters. The molecule has 1 N–H and O–H groups in total. The molecule has 142 valence electrons. The molecule has 4 nitrogen and oxygen atoms in total. The van der Waals surface area contributed by atoms with Crippen molar-refractivity contribution in [3.8, 4) is 0 Å². The lowest BCUT2D eigenvalue weighted by Crippen LogP contribution is -2.45. The van der Waals surface area contributed by atoms with Crippen molar-refractivity contribution in [2.75, 3.05) is 11.9 Å². The molecule has 0 amide bonds. The predicted octanol–water partition coefficient (Wildman–Crippen LogP) is 5.30. The maximum absolute atomic E-state index is 14.7. The number of halogens is 1. The van der Waals surface area contributed by atoms with Crippen molar-refractivity contribution in [3.05, 3.63) is 58.4 Å². The van der Waals surface area contributed by atoms with Crippen molar-refractivity contribution in [3.63, 3.8) is 0 Å². The van der Waals surface area contributed by atoms with Crippen molar-refractivity contribution in [2.45, 2.75) is 45.6 Å². The molecular weight excluding hydrogens is 343 g/mol. The van der Waals surface area contributed by atoms with E-state index in [9.17, 15) is 9.18 Å². The first-order chi connectivity index (χ1) is 12.6. The zero-order valence-electron chi connectivity index (χ0n) is 16.4. The van der Waals surface area contributed by atoms with Gasteiger partial charge in [-0.2, -0.15) is 0 Å². The number of aryl methyl sites for hydroxylation is 1. The van der Waals surface area contributed by atoms with E-state index < -0.39 is 5.97 Å². The summed E-state index contributed by atoms with van der Waals surface area (Å²) < 4.78 is 14.7. The molecule has 0 saturated carbocycles. The Morgan fingerprint density at radius 3 is 2.70 bits per heavy atom. The number of carboxylic acid groups (broad SMARTS) is 1. The van der Waals surface area contributed by atoms with Crippen LogP contribution in [0, 0.1) is 12.7 Å². The molecule has 5 heteroatoms. The second kappa shape index (κ2) is 6.80. The second-order valence-electron chi connectivity index (χ2n) is 7.97. The molecule has 0 fully saturated rings. The molecule has 1 aliphatic heterocycles. The van der Waals surface area contributed by atoms with Crippen molar-refractivity contribution in [1.82, 2.24) is 0 Å². The highest BCUT2D eigenvalue weighted by atomic mass is 19.1. The Bertz CT molecular complexity index is 934. The maximum Gasteiger partial charge on any atom is 0.335 e. The fourth-order valence-electron chi connectivity index (χ4n) is 3.72. The van der Waals surface area contributed by atoms with Gasteiger partial charge in [0.25, 0.3) is 0 Å². The van der Waals surface area contributed by atoms with Crippen LogP contribution in [-0.2, 0) is 0 Å². The number of rotatable bonds is 3. The first-order valence-electron chi connectivity index (χ1n) is 9.05. The lowest BCUT2D eigenvalue weighted by atomic mass is 9.80. The Balaban J connectivity index is 2.00. The Hall–Kier alpha value is -2.69. The van der Waals surface area contributed by atoms with E-state index in [1.165, 1.54) is 18.3 Å². The van der Waals surface area contributed by atoms with Gasteiger partial charge in [0.1, 0.15) is 5.82 Å². The molecule has 2 aromatic rings. The highest BCUT2D eigenvalue weighted by Crippen LogP contribution is 2.43. The van der Waals surface area contributed by atoms with Crippen LogP contribution < -0.4 is 4.90 Å². The van der Waals surface area contributed by atoms with Crippen molar-refractivity contribution in [2.24, 2.45) is 4.99 Å². The molecule has 0 aliphatic carbocycles. The Morgan fingerprint density at radius 2 is 2.04 bits per heavy atom. The molecule has 3 rings (SSSR count). The fraction of sp³-hybridized carbons (Fsp3) is 0.364. The largest absolute Gasteiger partial charge is 0.478 e. The summed E-state index contributed by atoms with van der Waals surface area (Å²) in [6.45, 7) is 8.34. The molecule has 1 heterocycles. The van der Waals surface area contributed by atoms with E-state index in [0.29, 0.717) is 17.2 Å². The van der Waals surface area contributed by atoms with Crippen LogP contribution in [0.5, 0.6) is 0 Å². The number of fused-ring (bicyclic) bond motifs is 1. The third-order valence-corrected chi connectivity index (χ3v) is 5.55. The monoisotopic (exact) mass is 368 g/mol. The van der Waals surface area contributed by atoms with E-state index in [2.05, 4.69) is 30.7 Å². The molecule has 27 heavy (non-hydrogen) atoms. The molecule has 0 saturated heterocycles. The molecule has 0 spiro atoms. The molecule has 2 aromatic carbocycles. The maximum atomic E-state index is 14.7. The number of aromatic carboxylic acids is 1. The van der Waals surface area contributed by atoms with Gasteiger partial charge in [0.15, 0.2) is 0 Å². The number of aliphatic imine (C=N–C) groups is 1. The highest BCUT2D eigenvalue weighted by molar-refractivity contribution is 5.90. The summed E-state index contributed by atoms with van der Waals surface area (Å²) >= 11 is 0. The minimum atomic E-state index is -1.01. The smallest absolute Gasteiger partial charge is 0.335 e. The van der Waals surface area contributed by atoms with Gasteiger partial charge in [0.05, 0.1) is 11.3 Å². The molecular formula is C22H25FN2O2. The Labute approximate surface area is 159 Å². The average molecular weight is 368 g/mol. The topological polar surface area (TPSA) is 52.9 Å². The van der Waals surface area contributed by atoms with Gasteiger partial charge in [-0.1, -0.05) is 13.0 Å². The zero-order chi connectivity index (χ0) is 19.9. The number of anilines is 1. The van der Waals surface area contributed by atoms with Crippen LogP contribution in [0.15, 0.2) is 35.3 Å². The predicted molar refractivity (Wildman–Crippen MR) is 107 cm³/mol. The zero-order valence-corrected chi connectivity index (χ0v) is 16.4. The summed E-state index contributed by atoms with van der Waals surface area (Å²) in [6.07, 6.45) is 2.47. The molecule has 1 atom stereocenters. The number of carboxylic acids is 1. The van der Waals surface area contributed by atoms with Gasteiger partial charge < -0.3 is 10.0 Å². The van der Waals surface area contributed by atoms with Gasteiger partial charge in [-0.3, -0.25) is 4.99 Å². The molecule has 0 radical (unpaired) electrons. The van der Waals surface area contributed by atoms with Crippen LogP contribution >= 0.6 is 0 Å². The summed E-state index contributed by atoms with van der Waals surface area (Å²) in [4.78, 5) is 17.6. The number of hydrogen-bond donors (Lipinski definition) is 1. The highest BCUT2D eigenvalue weighted by Gasteiger charge is 2.34. The van der Waals surface area contributed by atoms with Crippen LogP contribution in [0.3, 0.4) is 0 Å². The normalized spacial score (nSPS) is 18.6. The Kier molecular flexibility index (Phi) is 4.81. The molecule has 0 bridgehead atoms. The molecule has 1 aliphatic rings. The number of nitrogens with zero attached hydrogens (tertiary/aromatic N) is 2. The lowest BCUT2D eigenvalue weighted by molar-refractivity contribution is 0.0697. The minimum absolute atomic E-state index is 0.0250. The Morgan fingerprint density at radius 1 is 1.33 bits per heavy atom. The lowest BCUT2D eigenvalue weighted by Gasteiger charge is -2.45. The van der Waals surface area contributed by atoms with Crippen LogP contribution in [0.1, 0.15) is 60.2 Å². The quantitative estimate of drug-likeness (QED) is 0.748. The summed E-state index contributed by atoms with van der Waals surface area (Å²) in [7, 11) is 2.00. The van der Waals surface area contributed by atoms with E-state index in [1.807, 2.05) is 20.0 Å². The number of hydrogen-bond acceptors (Lipinski definition) is 3. The summed E-state index contributed by atoms with van der Waals surface area (Å²) in [5.74, 6) is -1.02. The van der Waals surface area contributed by atoms with Crippen molar-refractivity contribution in [1.29, 1.82) is 0 Å². The van der Waals surface area contributed by atoms with E-state index in [1.54, 1.807) is 12.1 Å². The summed E-state index contributed by atoms with van der Waals surface area (Å²) in [6, 6.07) is 8.19.